The highest BCUT2D eigenvalue weighted by Crippen LogP contribution is 2.26. The molecule has 4 nitrogen and oxygen atoms in total. The molecule has 1 aromatic carbocycles. The van der Waals surface area contributed by atoms with Crippen LogP contribution in [0.3, 0.4) is 0 Å². The number of thioether (sulfide) groups is 1. The SMILES string of the molecule is CC1SC(=S)N(CC(=O)NCc2ccccc2)C1=O. The third kappa shape index (κ3) is 3.54. The molecule has 1 N–H and O–H groups in total. The molecule has 1 saturated heterocycles. The van der Waals surface area contributed by atoms with Gasteiger partial charge in [0.25, 0.3) is 0 Å². The zero-order valence-electron chi connectivity index (χ0n) is 10.5. The van der Waals surface area contributed by atoms with Gasteiger partial charge >= 0.3 is 0 Å². The zero-order chi connectivity index (χ0) is 13.8. The molecule has 0 radical (unpaired) electrons. The fourth-order valence-corrected chi connectivity index (χ4v) is 3.11. The van der Waals surface area contributed by atoms with Crippen LogP contribution in [0.25, 0.3) is 0 Å². The normalized spacial score (nSPS) is 18.8. The highest BCUT2D eigenvalue weighted by molar-refractivity contribution is 8.24. The summed E-state index contributed by atoms with van der Waals surface area (Å²) in [6, 6.07) is 9.62. The third-order valence-electron chi connectivity index (χ3n) is 2.75. The van der Waals surface area contributed by atoms with Crippen LogP contribution >= 0.6 is 24.0 Å². The molecule has 1 heterocycles. The van der Waals surface area contributed by atoms with Crippen LogP contribution in [0.15, 0.2) is 30.3 Å². The Labute approximate surface area is 121 Å². The minimum Gasteiger partial charge on any atom is -0.350 e. The molecule has 0 bridgehead atoms. The highest BCUT2D eigenvalue weighted by Gasteiger charge is 2.34. The molecule has 100 valence electrons. The number of benzene rings is 1. The molecule has 6 heteroatoms. The molecule has 1 aliphatic rings. The molecule has 1 atom stereocenters. The van der Waals surface area contributed by atoms with E-state index in [1.54, 1.807) is 6.92 Å². The van der Waals surface area contributed by atoms with Crippen LogP contribution in [0.5, 0.6) is 0 Å². The summed E-state index contributed by atoms with van der Waals surface area (Å²) >= 11 is 6.40. The number of thiocarbonyl (C=S) groups is 1. The molecule has 0 aliphatic carbocycles. The van der Waals surface area contributed by atoms with Gasteiger partial charge in [0, 0.05) is 6.54 Å². The van der Waals surface area contributed by atoms with E-state index < -0.39 is 0 Å². The molecular weight excluding hydrogens is 280 g/mol. The Balaban J connectivity index is 1.85. The smallest absolute Gasteiger partial charge is 0.241 e. The van der Waals surface area contributed by atoms with Gasteiger partial charge in [0.15, 0.2) is 0 Å². The number of nitrogens with zero attached hydrogens (tertiary/aromatic N) is 1. The lowest BCUT2D eigenvalue weighted by Crippen LogP contribution is -2.40. The van der Waals surface area contributed by atoms with Crippen molar-refractivity contribution in [2.24, 2.45) is 0 Å². The number of carbonyl (C=O) groups is 2. The summed E-state index contributed by atoms with van der Waals surface area (Å²) in [5.74, 6) is -0.292. The van der Waals surface area contributed by atoms with Crippen molar-refractivity contribution >= 4 is 40.1 Å². The van der Waals surface area contributed by atoms with E-state index >= 15 is 0 Å². The first-order chi connectivity index (χ1) is 9.08. The first kappa shape index (κ1) is 14.0. The molecule has 0 aromatic heterocycles. The average Bonchev–Trinajstić information content (AvgIpc) is 2.64. The number of rotatable bonds is 4. The van der Waals surface area contributed by atoms with Crippen molar-refractivity contribution in [1.29, 1.82) is 0 Å². The summed E-state index contributed by atoms with van der Waals surface area (Å²) in [5.41, 5.74) is 1.02. The fourth-order valence-electron chi connectivity index (χ4n) is 1.71. The molecule has 2 amide bonds. The van der Waals surface area contributed by atoms with Crippen molar-refractivity contribution in [3.8, 4) is 0 Å². The van der Waals surface area contributed by atoms with Crippen molar-refractivity contribution < 1.29 is 9.59 Å². The van der Waals surface area contributed by atoms with Gasteiger partial charge in [0.2, 0.25) is 11.8 Å². The van der Waals surface area contributed by atoms with Crippen molar-refractivity contribution in [3.63, 3.8) is 0 Å². The molecular formula is C13H14N2O2S2. The van der Waals surface area contributed by atoms with E-state index in [0.717, 1.165) is 5.56 Å². The summed E-state index contributed by atoms with van der Waals surface area (Å²) in [7, 11) is 0. The van der Waals surface area contributed by atoms with Gasteiger partial charge in [-0.25, -0.2) is 0 Å². The number of hydrogen-bond acceptors (Lipinski definition) is 4. The number of nitrogens with one attached hydrogen (secondary N) is 1. The topological polar surface area (TPSA) is 49.4 Å². The third-order valence-corrected chi connectivity index (χ3v) is 4.23. The Hall–Kier alpha value is -1.40. The van der Waals surface area contributed by atoms with Gasteiger partial charge in [-0.05, 0) is 12.5 Å². The second-order valence-corrected chi connectivity index (χ2v) is 6.19. The minimum absolute atomic E-state index is 0.00183. The summed E-state index contributed by atoms with van der Waals surface area (Å²) in [6.07, 6.45) is 0. The lowest BCUT2D eigenvalue weighted by molar-refractivity contribution is -0.131. The standard InChI is InChI=1S/C13H14N2O2S2/c1-9-12(17)15(13(18)19-9)8-11(16)14-7-10-5-3-2-4-6-10/h2-6,9H,7-8H2,1H3,(H,14,16). The van der Waals surface area contributed by atoms with Crippen LogP contribution in [0.4, 0.5) is 0 Å². The maximum absolute atomic E-state index is 11.8. The monoisotopic (exact) mass is 294 g/mol. The van der Waals surface area contributed by atoms with Crippen molar-refractivity contribution in [2.45, 2.75) is 18.7 Å². The Kier molecular flexibility index (Phi) is 4.55. The summed E-state index contributed by atoms with van der Waals surface area (Å²) in [6.45, 7) is 2.25. The van der Waals surface area contributed by atoms with E-state index in [-0.39, 0.29) is 23.6 Å². The van der Waals surface area contributed by atoms with Crippen LogP contribution in [0.1, 0.15) is 12.5 Å². The van der Waals surface area contributed by atoms with Gasteiger partial charge in [0.1, 0.15) is 10.9 Å². The second kappa shape index (κ2) is 6.16. The molecule has 1 unspecified atom stereocenters. The van der Waals surface area contributed by atoms with Crippen LogP contribution in [0, 0.1) is 0 Å². The van der Waals surface area contributed by atoms with Gasteiger partial charge in [0.05, 0.1) is 5.25 Å². The molecule has 0 spiro atoms. The molecule has 1 aromatic rings. The Morgan fingerprint density at radius 3 is 2.68 bits per heavy atom. The van der Waals surface area contributed by atoms with E-state index in [0.29, 0.717) is 10.9 Å². The maximum Gasteiger partial charge on any atom is 0.241 e. The summed E-state index contributed by atoms with van der Waals surface area (Å²) in [5, 5.41) is 2.59. The number of hydrogen-bond donors (Lipinski definition) is 1. The van der Waals surface area contributed by atoms with Crippen LogP contribution in [-0.2, 0) is 16.1 Å². The zero-order valence-corrected chi connectivity index (χ0v) is 12.1. The predicted molar refractivity (Wildman–Crippen MR) is 79.7 cm³/mol. The second-order valence-electron chi connectivity index (χ2n) is 4.21. The fraction of sp³-hybridized carbons (Fsp3) is 0.308. The highest BCUT2D eigenvalue weighted by atomic mass is 32.2. The first-order valence-corrected chi connectivity index (χ1v) is 7.19. The summed E-state index contributed by atoms with van der Waals surface area (Å²) < 4.78 is 0.479. The van der Waals surface area contributed by atoms with Crippen molar-refractivity contribution in [1.82, 2.24) is 10.2 Å². The Morgan fingerprint density at radius 1 is 1.42 bits per heavy atom. The van der Waals surface area contributed by atoms with Gasteiger partial charge in [-0.3, -0.25) is 14.5 Å². The maximum atomic E-state index is 11.8. The van der Waals surface area contributed by atoms with Gasteiger partial charge in [-0.1, -0.05) is 54.3 Å². The lowest BCUT2D eigenvalue weighted by Gasteiger charge is -2.14. The van der Waals surface area contributed by atoms with E-state index in [1.165, 1.54) is 16.7 Å². The van der Waals surface area contributed by atoms with Crippen LogP contribution in [0.2, 0.25) is 0 Å². The molecule has 2 rings (SSSR count). The largest absolute Gasteiger partial charge is 0.350 e. The quantitative estimate of drug-likeness (QED) is 0.856. The average molecular weight is 294 g/mol. The molecule has 1 aliphatic heterocycles. The van der Waals surface area contributed by atoms with E-state index in [1.807, 2.05) is 30.3 Å². The molecule has 19 heavy (non-hydrogen) atoms. The predicted octanol–water partition coefficient (Wildman–Crippen LogP) is 1.55. The molecule has 1 fully saturated rings. The Bertz CT molecular complexity index is 505. The van der Waals surface area contributed by atoms with E-state index in [2.05, 4.69) is 5.32 Å². The van der Waals surface area contributed by atoms with Gasteiger partial charge in [-0.15, -0.1) is 0 Å². The molecule has 0 saturated carbocycles. The summed E-state index contributed by atoms with van der Waals surface area (Å²) in [4.78, 5) is 24.9. The van der Waals surface area contributed by atoms with Gasteiger partial charge in [-0.2, -0.15) is 0 Å². The van der Waals surface area contributed by atoms with Crippen LogP contribution in [-0.4, -0.2) is 32.8 Å². The minimum atomic E-state index is -0.200. The van der Waals surface area contributed by atoms with E-state index in [9.17, 15) is 9.59 Å². The van der Waals surface area contributed by atoms with Crippen molar-refractivity contribution in [2.75, 3.05) is 6.54 Å². The number of amides is 2. The van der Waals surface area contributed by atoms with E-state index in [4.69, 9.17) is 12.2 Å². The van der Waals surface area contributed by atoms with Crippen molar-refractivity contribution in [3.05, 3.63) is 35.9 Å². The Morgan fingerprint density at radius 2 is 2.11 bits per heavy atom. The first-order valence-electron chi connectivity index (χ1n) is 5.90. The lowest BCUT2D eigenvalue weighted by atomic mass is 10.2. The number of carbonyl (C=O) groups excluding carboxylic acids is 2. The van der Waals surface area contributed by atoms with Gasteiger partial charge < -0.3 is 5.32 Å². The van der Waals surface area contributed by atoms with Crippen LogP contribution < -0.4 is 5.32 Å².